The molecule has 7 bridgehead atoms. The molecule has 1 aliphatic heterocycles. The molecule has 1 saturated heterocycles. The summed E-state index contributed by atoms with van der Waals surface area (Å²) in [4.78, 5) is 15.5. The van der Waals surface area contributed by atoms with Crippen molar-refractivity contribution >= 4 is 5.97 Å². The van der Waals surface area contributed by atoms with Crippen molar-refractivity contribution < 1.29 is 39.4 Å². The van der Waals surface area contributed by atoms with Gasteiger partial charge in [0.05, 0.1) is 46.9 Å². The van der Waals surface area contributed by atoms with Crippen molar-refractivity contribution in [3.63, 3.8) is 0 Å². The molecule has 0 unspecified atom stereocenters. The number of carbonyl (C=O) groups excluding carboxylic acids is 1. The van der Waals surface area contributed by atoms with E-state index in [0.29, 0.717) is 25.1 Å². The Kier molecular flexibility index (Phi) is 5.42. The van der Waals surface area contributed by atoms with Crippen molar-refractivity contribution in [2.45, 2.75) is 86.8 Å². The zero-order valence-corrected chi connectivity index (χ0v) is 23.1. The highest BCUT2D eigenvalue weighted by Gasteiger charge is 2.95. The smallest absolute Gasteiger partial charge is 0.338 e. The van der Waals surface area contributed by atoms with Crippen LogP contribution in [0.3, 0.4) is 0 Å². The molecular weight excluding hydrogens is 502 g/mol. The molecule has 39 heavy (non-hydrogen) atoms. The Morgan fingerprint density at radius 2 is 1.77 bits per heavy atom. The molecule has 0 aromatic heterocycles. The first-order valence-corrected chi connectivity index (χ1v) is 14.4. The van der Waals surface area contributed by atoms with E-state index in [4.69, 9.17) is 14.2 Å². The number of carbonyl (C=O) groups is 1. The molecule has 7 rings (SSSR count). The third kappa shape index (κ3) is 2.66. The predicted molar refractivity (Wildman–Crippen MR) is 139 cm³/mol. The number of likely N-dealkylation sites (tertiary alicyclic amines) is 1. The topological polar surface area (TPSA) is 129 Å². The number of rotatable bonds is 5. The number of ether oxygens (including phenoxy) is 3. The number of piperidine rings is 1. The van der Waals surface area contributed by atoms with Crippen LogP contribution in [0, 0.1) is 28.6 Å². The first-order valence-electron chi connectivity index (χ1n) is 14.4. The normalized spacial score (nSPS) is 55.0. The van der Waals surface area contributed by atoms with Gasteiger partial charge in [0.15, 0.2) is 0 Å². The number of hydrogen-bond acceptors (Lipinski definition) is 9. The third-order valence-corrected chi connectivity index (χ3v) is 12.3. The summed E-state index contributed by atoms with van der Waals surface area (Å²) < 4.78 is 18.2. The average Bonchev–Trinajstić information content (AvgIpc) is 3.29. The Morgan fingerprint density at radius 3 is 2.41 bits per heavy atom. The molecule has 6 fully saturated rings. The van der Waals surface area contributed by atoms with Gasteiger partial charge in [0.2, 0.25) is 0 Å². The van der Waals surface area contributed by atoms with Crippen LogP contribution in [0.25, 0.3) is 0 Å². The van der Waals surface area contributed by atoms with Crippen LogP contribution in [0.4, 0.5) is 0 Å². The minimum absolute atomic E-state index is 0.0700. The van der Waals surface area contributed by atoms with E-state index >= 15 is 0 Å². The second-order valence-corrected chi connectivity index (χ2v) is 13.5. The van der Waals surface area contributed by atoms with Gasteiger partial charge in [0.25, 0.3) is 0 Å². The Bertz CT molecular complexity index is 1180. The quantitative estimate of drug-likeness (QED) is 0.402. The monoisotopic (exact) mass is 543 g/mol. The zero-order valence-electron chi connectivity index (χ0n) is 23.1. The van der Waals surface area contributed by atoms with Gasteiger partial charge in [-0.1, -0.05) is 32.0 Å². The van der Waals surface area contributed by atoms with Crippen LogP contribution in [-0.4, -0.2) is 106 Å². The van der Waals surface area contributed by atoms with E-state index in [-0.39, 0.29) is 18.3 Å². The largest absolute Gasteiger partial charge is 0.458 e. The molecule has 0 amide bonds. The number of aliphatic hydroxyl groups is 4. The SMILES string of the molecule is CCN1C[C@]2(C)CC[C@H](O)[C@@]34[C@@H]2[C@H](OC)[C@@](O)([C@@H]13)[C@@]1(O)C[C@H](OC)[C@H]2C[C@]4(O)[C@@H]1[C@H]2OC(=O)c1ccccc1. The second kappa shape index (κ2) is 8.03. The van der Waals surface area contributed by atoms with Crippen LogP contribution in [0.2, 0.25) is 0 Å². The Morgan fingerprint density at radius 1 is 1.05 bits per heavy atom. The maximum atomic E-state index is 13.4. The van der Waals surface area contributed by atoms with Crippen LogP contribution in [-0.2, 0) is 14.2 Å². The van der Waals surface area contributed by atoms with Crippen LogP contribution in [0.5, 0.6) is 0 Å². The van der Waals surface area contributed by atoms with Crippen molar-refractivity contribution in [1.82, 2.24) is 4.90 Å². The first-order chi connectivity index (χ1) is 18.5. The number of hydrogen-bond donors (Lipinski definition) is 4. The van der Waals surface area contributed by atoms with Gasteiger partial charge in [-0.25, -0.2) is 4.79 Å². The highest BCUT2D eigenvalue weighted by atomic mass is 16.6. The molecule has 214 valence electrons. The van der Waals surface area contributed by atoms with Gasteiger partial charge in [-0.05, 0) is 43.4 Å². The van der Waals surface area contributed by atoms with Crippen molar-refractivity contribution in [2.24, 2.45) is 28.6 Å². The molecule has 4 N–H and O–H groups in total. The van der Waals surface area contributed by atoms with Gasteiger partial charge in [-0.15, -0.1) is 0 Å². The number of benzene rings is 1. The van der Waals surface area contributed by atoms with Gasteiger partial charge in [-0.2, -0.15) is 0 Å². The fourth-order valence-corrected chi connectivity index (χ4v) is 11.3. The van der Waals surface area contributed by atoms with Crippen LogP contribution >= 0.6 is 0 Å². The first kappa shape index (κ1) is 26.3. The summed E-state index contributed by atoms with van der Waals surface area (Å²) in [6, 6.07) is 7.92. The van der Waals surface area contributed by atoms with Gasteiger partial charge in [-0.3, -0.25) is 4.90 Å². The summed E-state index contributed by atoms with van der Waals surface area (Å²) in [5, 5.41) is 51.2. The molecule has 0 radical (unpaired) electrons. The van der Waals surface area contributed by atoms with Crippen LogP contribution in [0.15, 0.2) is 30.3 Å². The molecule has 1 aromatic carbocycles. The lowest BCUT2D eigenvalue weighted by Gasteiger charge is -2.71. The van der Waals surface area contributed by atoms with Crippen molar-refractivity contribution in [2.75, 3.05) is 27.3 Å². The van der Waals surface area contributed by atoms with E-state index in [2.05, 4.69) is 11.8 Å². The van der Waals surface area contributed by atoms with Crippen molar-refractivity contribution in [3.05, 3.63) is 35.9 Å². The molecule has 1 heterocycles. The van der Waals surface area contributed by atoms with E-state index in [1.165, 1.54) is 0 Å². The maximum Gasteiger partial charge on any atom is 0.338 e. The molecular formula is C30H41NO8. The van der Waals surface area contributed by atoms with Gasteiger partial charge in [0.1, 0.15) is 17.3 Å². The van der Waals surface area contributed by atoms with Crippen molar-refractivity contribution in [3.8, 4) is 0 Å². The molecule has 5 aliphatic carbocycles. The number of likely N-dealkylation sites (N-methyl/N-ethyl adjacent to an activating group) is 1. The van der Waals surface area contributed by atoms with Crippen LogP contribution < -0.4 is 0 Å². The summed E-state index contributed by atoms with van der Waals surface area (Å²) in [5.74, 6) is -2.38. The Labute approximate surface area is 229 Å². The second-order valence-electron chi connectivity index (χ2n) is 13.5. The number of aliphatic hydroxyl groups excluding tert-OH is 1. The van der Waals surface area contributed by atoms with E-state index in [9.17, 15) is 25.2 Å². The van der Waals surface area contributed by atoms with E-state index in [1.54, 1.807) is 38.5 Å². The highest BCUT2D eigenvalue weighted by molar-refractivity contribution is 5.89. The van der Waals surface area contributed by atoms with Gasteiger partial charge >= 0.3 is 5.97 Å². The van der Waals surface area contributed by atoms with Gasteiger partial charge in [0, 0.05) is 39.0 Å². The maximum absolute atomic E-state index is 13.4. The van der Waals surface area contributed by atoms with Gasteiger partial charge < -0.3 is 34.6 Å². The summed E-state index contributed by atoms with van der Waals surface area (Å²) in [7, 11) is 3.10. The number of esters is 1. The van der Waals surface area contributed by atoms with Crippen molar-refractivity contribution in [1.29, 1.82) is 0 Å². The lowest BCUT2D eigenvalue weighted by molar-refractivity contribution is -0.353. The summed E-state index contributed by atoms with van der Waals surface area (Å²) in [6.45, 7) is 5.44. The third-order valence-electron chi connectivity index (χ3n) is 12.3. The fourth-order valence-electron chi connectivity index (χ4n) is 11.3. The van der Waals surface area contributed by atoms with E-state index in [1.807, 2.05) is 13.0 Å². The lowest BCUT2D eigenvalue weighted by atomic mass is 9.41. The minimum Gasteiger partial charge on any atom is -0.458 e. The average molecular weight is 544 g/mol. The molecule has 6 aliphatic rings. The number of methoxy groups -OCH3 is 2. The summed E-state index contributed by atoms with van der Waals surface area (Å²) in [5.41, 5.74) is -6.55. The van der Waals surface area contributed by atoms with E-state index < -0.39 is 76.4 Å². The highest BCUT2D eigenvalue weighted by Crippen LogP contribution is 2.81. The van der Waals surface area contributed by atoms with Crippen LogP contribution in [0.1, 0.15) is 49.9 Å². The van der Waals surface area contributed by atoms with E-state index in [0.717, 1.165) is 6.42 Å². The molecule has 13 atom stereocenters. The Balaban J connectivity index is 1.47. The molecule has 9 nitrogen and oxygen atoms in total. The summed E-state index contributed by atoms with van der Waals surface area (Å²) >= 11 is 0. The Hall–Kier alpha value is -1.59. The fraction of sp³-hybridized carbons (Fsp3) is 0.767. The minimum atomic E-state index is -1.90. The molecule has 9 heteroatoms. The molecule has 1 spiro atoms. The lowest BCUT2D eigenvalue weighted by Crippen LogP contribution is -2.86. The molecule has 1 aromatic rings. The number of fused-ring (bicyclic) bond motifs is 2. The number of nitrogens with zero attached hydrogens (tertiary/aromatic N) is 1. The standard InChI is InChI=1S/C30H41NO8/c1-5-31-15-26(2)12-11-19(32)29-22(26)23(38-4)30(36,25(29)31)28(35)14-18(37-3)17-13-27(29,34)21(28)20(17)39-24(33)16-9-7-6-8-10-16/h6-10,17-23,25,32,34-36H,5,11-15H2,1-4H3/t17-,18+,19+,20+,21+,22-,23+,25+,26+,27+,28-,29-,30-/m1/s1. The summed E-state index contributed by atoms with van der Waals surface area (Å²) in [6.07, 6.45) is -1.80. The zero-order chi connectivity index (χ0) is 27.8. The predicted octanol–water partition coefficient (Wildman–Crippen LogP) is 0.970. The molecule has 5 saturated carbocycles.